The summed E-state index contributed by atoms with van der Waals surface area (Å²) in [7, 11) is 0. The number of benzene rings is 1. The average molecular weight is 323 g/mol. The highest BCUT2D eigenvalue weighted by Gasteiger charge is 2.15. The second-order valence-corrected chi connectivity index (χ2v) is 5.45. The van der Waals surface area contributed by atoms with Gasteiger partial charge >= 0.3 is 0 Å². The van der Waals surface area contributed by atoms with Crippen molar-refractivity contribution in [1.29, 1.82) is 0 Å². The molecule has 2 aromatic rings. The van der Waals surface area contributed by atoms with E-state index in [9.17, 15) is 4.39 Å². The van der Waals surface area contributed by atoms with Crippen molar-refractivity contribution < 1.29 is 4.39 Å². The van der Waals surface area contributed by atoms with Crippen LogP contribution in [0.15, 0.2) is 47.1 Å². The normalized spacial score (nSPS) is 14.1. The molecule has 19 heavy (non-hydrogen) atoms. The molecule has 0 aliphatic heterocycles. The van der Waals surface area contributed by atoms with Crippen molar-refractivity contribution in [2.45, 2.75) is 25.9 Å². The van der Waals surface area contributed by atoms with E-state index >= 15 is 0 Å². The lowest BCUT2D eigenvalue weighted by atomic mass is 10.1. The molecule has 2 atom stereocenters. The molecule has 0 bridgehead atoms. The third-order valence-corrected chi connectivity index (χ3v) is 3.55. The third-order valence-electron chi connectivity index (χ3n) is 3.06. The van der Waals surface area contributed by atoms with Gasteiger partial charge in [-0.1, -0.05) is 28.1 Å². The zero-order valence-electron chi connectivity index (χ0n) is 10.9. The number of halogens is 2. The molecule has 0 saturated heterocycles. The van der Waals surface area contributed by atoms with Crippen LogP contribution < -0.4 is 5.32 Å². The van der Waals surface area contributed by atoms with E-state index in [1.165, 1.54) is 6.07 Å². The summed E-state index contributed by atoms with van der Waals surface area (Å²) in [5.74, 6) is -0.206. The lowest BCUT2D eigenvalue weighted by Gasteiger charge is -2.20. The van der Waals surface area contributed by atoms with Crippen molar-refractivity contribution in [3.05, 3.63) is 64.1 Å². The molecule has 0 radical (unpaired) electrons. The summed E-state index contributed by atoms with van der Waals surface area (Å²) in [6.45, 7) is 3.97. The van der Waals surface area contributed by atoms with Gasteiger partial charge in [-0.3, -0.25) is 4.98 Å². The van der Waals surface area contributed by atoms with Crippen molar-refractivity contribution >= 4 is 15.9 Å². The molecule has 2 nitrogen and oxygen atoms in total. The number of hydrogen-bond acceptors (Lipinski definition) is 2. The van der Waals surface area contributed by atoms with Crippen LogP contribution in [-0.4, -0.2) is 4.98 Å². The van der Waals surface area contributed by atoms with Gasteiger partial charge in [0.15, 0.2) is 0 Å². The Labute approximate surface area is 121 Å². The second-order valence-electron chi connectivity index (χ2n) is 4.53. The highest BCUT2D eigenvalue weighted by atomic mass is 79.9. The van der Waals surface area contributed by atoms with Crippen LogP contribution in [0.4, 0.5) is 4.39 Å². The smallest absolute Gasteiger partial charge is 0.129 e. The summed E-state index contributed by atoms with van der Waals surface area (Å²) in [4.78, 5) is 4.30. The Bertz CT molecular complexity index is 545. The van der Waals surface area contributed by atoms with Crippen molar-refractivity contribution in [2.24, 2.45) is 0 Å². The van der Waals surface area contributed by atoms with E-state index in [0.717, 1.165) is 10.2 Å². The monoisotopic (exact) mass is 322 g/mol. The number of aromatic nitrogens is 1. The van der Waals surface area contributed by atoms with Crippen LogP contribution >= 0.6 is 15.9 Å². The lowest BCUT2D eigenvalue weighted by Crippen LogP contribution is -2.23. The first-order valence-corrected chi connectivity index (χ1v) is 6.99. The Morgan fingerprint density at radius 3 is 2.58 bits per heavy atom. The Hall–Kier alpha value is -1.26. The molecule has 0 aliphatic carbocycles. The largest absolute Gasteiger partial charge is 0.302 e. The molecule has 2 rings (SSSR count). The molecular formula is C15H16BrFN2. The van der Waals surface area contributed by atoms with Gasteiger partial charge in [-0.25, -0.2) is 4.39 Å². The number of nitrogens with one attached hydrogen (secondary N) is 1. The van der Waals surface area contributed by atoms with Crippen molar-refractivity contribution in [1.82, 2.24) is 10.3 Å². The maximum absolute atomic E-state index is 13.9. The Morgan fingerprint density at radius 2 is 1.95 bits per heavy atom. The quantitative estimate of drug-likeness (QED) is 0.902. The van der Waals surface area contributed by atoms with E-state index in [4.69, 9.17) is 0 Å². The fourth-order valence-corrected chi connectivity index (χ4v) is 2.37. The Balaban J connectivity index is 2.10. The van der Waals surface area contributed by atoms with Crippen molar-refractivity contribution in [3.8, 4) is 0 Å². The number of nitrogens with zero attached hydrogens (tertiary/aromatic N) is 1. The van der Waals surface area contributed by atoms with E-state index in [2.05, 4.69) is 26.2 Å². The molecule has 4 heteroatoms. The molecular weight excluding hydrogens is 307 g/mol. The molecule has 0 spiro atoms. The van der Waals surface area contributed by atoms with E-state index in [1.54, 1.807) is 12.3 Å². The van der Waals surface area contributed by atoms with Crippen LogP contribution in [0.1, 0.15) is 37.2 Å². The fourth-order valence-electron chi connectivity index (χ4n) is 2.03. The van der Waals surface area contributed by atoms with Gasteiger partial charge in [0.25, 0.3) is 0 Å². The van der Waals surface area contributed by atoms with E-state index in [0.29, 0.717) is 5.56 Å². The molecule has 100 valence electrons. The molecule has 0 saturated carbocycles. The van der Waals surface area contributed by atoms with Crippen LogP contribution in [0.3, 0.4) is 0 Å². The zero-order valence-corrected chi connectivity index (χ0v) is 12.5. The standard InChI is InChI=1S/C15H16BrFN2/c1-10(13-7-6-12(16)9-14(13)17)19-11(2)15-5-3-4-8-18-15/h3-11,19H,1-2H3/t10?,11-/m0/s1. The van der Waals surface area contributed by atoms with Gasteiger partial charge in [0.05, 0.1) is 5.69 Å². The van der Waals surface area contributed by atoms with Crippen LogP contribution in [-0.2, 0) is 0 Å². The number of pyridine rings is 1. The minimum absolute atomic E-state index is 0.0687. The van der Waals surface area contributed by atoms with E-state index in [-0.39, 0.29) is 17.9 Å². The van der Waals surface area contributed by atoms with Crippen LogP contribution in [0.2, 0.25) is 0 Å². The summed E-state index contributed by atoms with van der Waals surface area (Å²) in [6, 6.07) is 10.9. The van der Waals surface area contributed by atoms with Gasteiger partial charge < -0.3 is 5.32 Å². The summed E-state index contributed by atoms with van der Waals surface area (Å²) in [5, 5.41) is 3.35. The average Bonchev–Trinajstić information content (AvgIpc) is 2.39. The Kier molecular flexibility index (Phi) is 4.66. The van der Waals surface area contributed by atoms with E-state index in [1.807, 2.05) is 38.1 Å². The number of hydrogen-bond donors (Lipinski definition) is 1. The first-order chi connectivity index (χ1) is 9.08. The highest BCUT2D eigenvalue weighted by Crippen LogP contribution is 2.23. The van der Waals surface area contributed by atoms with Crippen LogP contribution in [0.25, 0.3) is 0 Å². The van der Waals surface area contributed by atoms with Gasteiger partial charge in [0.2, 0.25) is 0 Å². The predicted molar refractivity (Wildman–Crippen MR) is 78.3 cm³/mol. The summed E-state index contributed by atoms with van der Waals surface area (Å²) in [6.07, 6.45) is 1.76. The minimum Gasteiger partial charge on any atom is -0.302 e. The molecule has 1 aromatic heterocycles. The lowest BCUT2D eigenvalue weighted by molar-refractivity contribution is 0.467. The van der Waals surface area contributed by atoms with Crippen molar-refractivity contribution in [3.63, 3.8) is 0 Å². The van der Waals surface area contributed by atoms with Gasteiger partial charge in [-0.15, -0.1) is 0 Å². The maximum Gasteiger partial charge on any atom is 0.129 e. The minimum atomic E-state index is -0.206. The molecule has 1 heterocycles. The maximum atomic E-state index is 13.9. The van der Waals surface area contributed by atoms with Crippen LogP contribution in [0.5, 0.6) is 0 Å². The topological polar surface area (TPSA) is 24.9 Å². The molecule has 1 N–H and O–H groups in total. The summed E-state index contributed by atoms with van der Waals surface area (Å²) in [5.41, 5.74) is 1.61. The summed E-state index contributed by atoms with van der Waals surface area (Å²) < 4.78 is 14.6. The Morgan fingerprint density at radius 1 is 1.16 bits per heavy atom. The first kappa shape index (κ1) is 14.2. The van der Waals surface area contributed by atoms with Crippen molar-refractivity contribution in [2.75, 3.05) is 0 Å². The molecule has 1 aromatic carbocycles. The zero-order chi connectivity index (χ0) is 13.8. The first-order valence-electron chi connectivity index (χ1n) is 6.20. The van der Waals surface area contributed by atoms with Gasteiger partial charge in [-0.05, 0) is 38.1 Å². The predicted octanol–water partition coefficient (Wildman–Crippen LogP) is 4.40. The van der Waals surface area contributed by atoms with Gasteiger partial charge in [0.1, 0.15) is 5.82 Å². The van der Waals surface area contributed by atoms with Gasteiger partial charge in [-0.2, -0.15) is 0 Å². The fraction of sp³-hybridized carbons (Fsp3) is 0.267. The SMILES string of the molecule is CC(N[C@@H](C)c1ccccn1)c1ccc(Br)cc1F. The highest BCUT2D eigenvalue weighted by molar-refractivity contribution is 9.10. The summed E-state index contributed by atoms with van der Waals surface area (Å²) >= 11 is 3.26. The second kappa shape index (κ2) is 6.26. The van der Waals surface area contributed by atoms with Gasteiger partial charge in [0, 0.05) is 28.3 Å². The molecule has 0 fully saturated rings. The number of rotatable bonds is 4. The van der Waals surface area contributed by atoms with E-state index < -0.39 is 0 Å². The molecule has 0 amide bonds. The molecule has 1 unspecified atom stereocenters. The van der Waals surface area contributed by atoms with Crippen LogP contribution in [0, 0.1) is 5.82 Å². The molecule has 0 aliphatic rings. The third kappa shape index (κ3) is 3.61.